The molecule has 8 nitrogen and oxygen atoms in total. The highest BCUT2D eigenvalue weighted by Gasteiger charge is 2.40. The van der Waals surface area contributed by atoms with Crippen molar-refractivity contribution in [3.8, 4) is 0 Å². The van der Waals surface area contributed by atoms with Gasteiger partial charge in [0.2, 0.25) is 5.95 Å². The van der Waals surface area contributed by atoms with Gasteiger partial charge < -0.3 is 18.8 Å². The molecule has 0 bridgehead atoms. The van der Waals surface area contributed by atoms with E-state index < -0.39 is 41.0 Å². The van der Waals surface area contributed by atoms with Gasteiger partial charge in [0.1, 0.15) is 5.76 Å². The highest BCUT2D eigenvalue weighted by Crippen LogP contribution is 2.37. The lowest BCUT2D eigenvalue weighted by Gasteiger charge is -2.46. The average molecular weight is 711 g/mol. The molecule has 0 radical (unpaired) electrons. The van der Waals surface area contributed by atoms with Gasteiger partial charge in [-0.3, -0.25) is 9.69 Å². The summed E-state index contributed by atoms with van der Waals surface area (Å²) in [4.78, 5) is 29.1. The molecule has 5 aromatic rings. The Morgan fingerprint density at radius 3 is 2.18 bits per heavy atom. The number of oxazole rings is 1. The number of fused-ring (bicyclic) bond motifs is 1. The molecule has 0 aliphatic carbocycles. The summed E-state index contributed by atoms with van der Waals surface area (Å²) in [5.41, 5.74) is -0.852. The molecule has 2 atom stereocenters. The first kappa shape index (κ1) is 34.6. The number of hydrogen-bond donors (Lipinski definition) is 0. The first-order valence-electron chi connectivity index (χ1n) is 16.8. The van der Waals surface area contributed by atoms with E-state index in [0.717, 1.165) is 28.3 Å². The van der Waals surface area contributed by atoms with Crippen molar-refractivity contribution in [1.29, 1.82) is 0 Å². The second kappa shape index (κ2) is 13.7. The number of likely N-dealkylation sites (tertiary alicyclic amines) is 1. The van der Waals surface area contributed by atoms with Crippen LogP contribution in [-0.4, -0.2) is 75.0 Å². The maximum atomic E-state index is 13.8. The zero-order chi connectivity index (χ0) is 35.9. The summed E-state index contributed by atoms with van der Waals surface area (Å²) in [7, 11) is 0. The number of amides is 1. The number of imidazole rings is 1. The average Bonchev–Trinajstić information content (AvgIpc) is 3.70. The molecule has 2 aliphatic heterocycles. The van der Waals surface area contributed by atoms with E-state index in [-0.39, 0.29) is 18.7 Å². The molecule has 7 rings (SSSR count). The maximum absolute atomic E-state index is 13.8. The number of nitrogens with zero attached hydrogens (tertiary/aromatic N) is 6. The van der Waals surface area contributed by atoms with Crippen molar-refractivity contribution in [3.63, 3.8) is 0 Å². The fourth-order valence-electron chi connectivity index (χ4n) is 7.33. The second-order valence-corrected chi connectivity index (χ2v) is 13.2. The normalized spacial score (nSPS) is 19.2. The number of hydrogen-bond acceptors (Lipinski definition) is 6. The molecule has 0 saturated carbocycles. The van der Waals surface area contributed by atoms with Gasteiger partial charge in [-0.25, -0.2) is 9.97 Å². The van der Waals surface area contributed by atoms with Crippen molar-refractivity contribution >= 4 is 22.9 Å². The van der Waals surface area contributed by atoms with Gasteiger partial charge in [0.05, 0.1) is 34.9 Å². The van der Waals surface area contributed by atoms with Crippen molar-refractivity contribution in [3.05, 3.63) is 113 Å². The Hall–Kier alpha value is -4.85. The Bertz CT molecular complexity index is 1970. The lowest BCUT2D eigenvalue weighted by molar-refractivity contribution is -0.143. The van der Waals surface area contributed by atoms with Crippen molar-refractivity contribution in [2.75, 3.05) is 37.6 Å². The number of piperidine rings is 1. The van der Waals surface area contributed by atoms with E-state index in [1.165, 1.54) is 4.90 Å². The minimum absolute atomic E-state index is 0.0499. The van der Waals surface area contributed by atoms with Crippen LogP contribution in [0.1, 0.15) is 51.5 Å². The van der Waals surface area contributed by atoms with E-state index in [1.54, 1.807) is 13.1 Å². The van der Waals surface area contributed by atoms with Crippen LogP contribution in [0.5, 0.6) is 0 Å². The summed E-state index contributed by atoms with van der Waals surface area (Å²) in [6.45, 7) is 5.27. The zero-order valence-electron chi connectivity index (χ0n) is 27.8. The molecule has 268 valence electrons. The van der Waals surface area contributed by atoms with E-state index in [9.17, 15) is 31.1 Å². The number of carbonyl (C=O) groups excluding carboxylic acids is 1. The molecule has 14 heteroatoms. The first-order chi connectivity index (χ1) is 24.3. The lowest BCUT2D eigenvalue weighted by atomic mass is 9.90. The van der Waals surface area contributed by atoms with Crippen LogP contribution in [0.15, 0.2) is 83.4 Å². The molecule has 2 aromatic heterocycles. The standard InChI is InChI=1S/C37H36F6N6O2/c1-24-44-22-31(51-24)23-49-33-10-6-5-9-32(33)45-35(49)47-15-13-46(14-16-47)29-11-12-48(30(21-29)17-25-7-3-2-4-8-25)34(50)26-18-27(36(38,39)40)20-28(19-26)37(41,42)43/h2-10,18-20,22,29-30H,11-17,21,23H2,1H3. The largest absolute Gasteiger partial charge is 0.444 e. The molecular formula is C37H36F6N6O2. The van der Waals surface area contributed by atoms with Crippen molar-refractivity contribution in [2.45, 2.75) is 57.2 Å². The first-order valence-corrected chi connectivity index (χ1v) is 16.8. The number of aryl methyl sites for hydroxylation is 1. The summed E-state index contributed by atoms with van der Waals surface area (Å²) >= 11 is 0. The Morgan fingerprint density at radius 1 is 0.863 bits per heavy atom. The lowest BCUT2D eigenvalue weighted by Crippen LogP contribution is -2.57. The molecule has 0 spiro atoms. The van der Waals surface area contributed by atoms with Crippen LogP contribution in [0.25, 0.3) is 11.0 Å². The smallest absolute Gasteiger partial charge is 0.416 e. The maximum Gasteiger partial charge on any atom is 0.416 e. The monoisotopic (exact) mass is 710 g/mol. The summed E-state index contributed by atoms with van der Waals surface area (Å²) in [5, 5.41) is 0. The number of para-hydroxylation sites is 2. The summed E-state index contributed by atoms with van der Waals surface area (Å²) < 4.78 is 89.9. The van der Waals surface area contributed by atoms with Crippen LogP contribution in [0.2, 0.25) is 0 Å². The molecule has 3 aromatic carbocycles. The number of alkyl halides is 6. The number of piperazine rings is 1. The Balaban J connectivity index is 1.10. The van der Waals surface area contributed by atoms with E-state index in [1.807, 2.05) is 54.6 Å². The van der Waals surface area contributed by atoms with Crippen LogP contribution < -0.4 is 4.90 Å². The van der Waals surface area contributed by atoms with E-state index in [4.69, 9.17) is 9.40 Å². The third kappa shape index (κ3) is 7.46. The van der Waals surface area contributed by atoms with Gasteiger partial charge in [0.25, 0.3) is 5.91 Å². The van der Waals surface area contributed by atoms with Crippen molar-refractivity contribution in [2.24, 2.45) is 0 Å². The second-order valence-electron chi connectivity index (χ2n) is 13.2. The molecule has 2 unspecified atom stereocenters. The molecular weight excluding hydrogens is 674 g/mol. The van der Waals surface area contributed by atoms with Gasteiger partial charge in [-0.1, -0.05) is 42.5 Å². The summed E-state index contributed by atoms with van der Waals surface area (Å²) in [5.74, 6) is 1.30. The summed E-state index contributed by atoms with van der Waals surface area (Å²) in [6.07, 6.45) is -6.90. The van der Waals surface area contributed by atoms with Gasteiger partial charge in [-0.2, -0.15) is 26.3 Å². The fourth-order valence-corrected chi connectivity index (χ4v) is 7.33. The number of carbonyl (C=O) groups is 1. The fraction of sp³-hybridized carbons (Fsp3) is 0.378. The van der Waals surface area contributed by atoms with Crippen LogP contribution in [0.4, 0.5) is 32.3 Å². The topological polar surface area (TPSA) is 70.6 Å². The van der Waals surface area contributed by atoms with Gasteiger partial charge in [0.15, 0.2) is 5.89 Å². The van der Waals surface area contributed by atoms with Crippen LogP contribution in [0.3, 0.4) is 0 Å². The minimum atomic E-state index is -5.05. The number of halogens is 6. The summed E-state index contributed by atoms with van der Waals surface area (Å²) in [6, 6.07) is 18.0. The molecule has 2 fully saturated rings. The molecule has 4 heterocycles. The number of benzene rings is 3. The van der Waals surface area contributed by atoms with Gasteiger partial charge in [0, 0.05) is 57.3 Å². The highest BCUT2D eigenvalue weighted by molar-refractivity contribution is 5.95. The van der Waals surface area contributed by atoms with Gasteiger partial charge >= 0.3 is 12.4 Å². The molecule has 0 N–H and O–H groups in total. The van der Waals surface area contributed by atoms with E-state index >= 15 is 0 Å². The quantitative estimate of drug-likeness (QED) is 0.164. The Labute approximate surface area is 290 Å². The van der Waals surface area contributed by atoms with Crippen molar-refractivity contribution in [1.82, 2.24) is 24.3 Å². The van der Waals surface area contributed by atoms with E-state index in [0.29, 0.717) is 70.0 Å². The van der Waals surface area contributed by atoms with Crippen LogP contribution in [0, 0.1) is 6.92 Å². The van der Waals surface area contributed by atoms with Gasteiger partial charge in [-0.15, -0.1) is 0 Å². The third-order valence-electron chi connectivity index (χ3n) is 9.83. The van der Waals surface area contributed by atoms with Crippen LogP contribution in [-0.2, 0) is 25.3 Å². The molecule has 2 aliphatic rings. The Kier molecular flexibility index (Phi) is 9.29. The van der Waals surface area contributed by atoms with Crippen LogP contribution >= 0.6 is 0 Å². The predicted molar refractivity (Wildman–Crippen MR) is 178 cm³/mol. The zero-order valence-corrected chi connectivity index (χ0v) is 27.8. The predicted octanol–water partition coefficient (Wildman–Crippen LogP) is 7.46. The minimum Gasteiger partial charge on any atom is -0.444 e. The SMILES string of the molecule is Cc1ncc(Cn2c(N3CCN(C4CCN(C(=O)c5cc(C(F)(F)F)cc(C(F)(F)F)c5)C(Cc5ccccc5)C4)CC3)nc3ccccc32)o1. The number of aromatic nitrogens is 3. The van der Waals surface area contributed by atoms with Gasteiger partial charge in [-0.05, 0) is 55.2 Å². The number of anilines is 1. The van der Waals surface area contributed by atoms with E-state index in [2.05, 4.69) is 19.4 Å². The molecule has 1 amide bonds. The Morgan fingerprint density at radius 2 is 1.53 bits per heavy atom. The number of rotatable bonds is 7. The highest BCUT2D eigenvalue weighted by atomic mass is 19.4. The molecule has 2 saturated heterocycles. The third-order valence-corrected chi connectivity index (χ3v) is 9.83. The van der Waals surface area contributed by atoms with Crippen molar-refractivity contribution < 1.29 is 35.6 Å². The molecule has 51 heavy (non-hydrogen) atoms.